The maximum Gasteiger partial charge on any atom is 0.254 e. The highest BCUT2D eigenvalue weighted by Gasteiger charge is 2.24. The molecule has 0 aromatic heterocycles. The standard InChI is InChI=1S/C25H26N2O4S/c1-31-23-12-10-20(11-13-23)19-32(29,30)24-9-5-6-21(18-24)25(28)27-16-14-26(15-17-27)22-7-3-2-4-8-22/h2-13,18H,14-17,19H2,1H3. The molecule has 0 aliphatic carbocycles. The van der Waals surface area contributed by atoms with E-state index in [1.165, 1.54) is 6.07 Å². The molecule has 0 radical (unpaired) electrons. The highest BCUT2D eigenvalue weighted by molar-refractivity contribution is 7.90. The molecule has 1 amide bonds. The van der Waals surface area contributed by atoms with Crippen molar-refractivity contribution < 1.29 is 17.9 Å². The van der Waals surface area contributed by atoms with E-state index in [4.69, 9.17) is 4.74 Å². The molecule has 0 bridgehead atoms. The molecule has 1 aliphatic rings. The Morgan fingerprint density at radius 3 is 2.22 bits per heavy atom. The first-order valence-corrected chi connectivity index (χ1v) is 12.2. The highest BCUT2D eigenvalue weighted by Crippen LogP contribution is 2.21. The number of amides is 1. The van der Waals surface area contributed by atoms with Crippen LogP contribution in [0.3, 0.4) is 0 Å². The lowest BCUT2D eigenvalue weighted by Crippen LogP contribution is -2.48. The van der Waals surface area contributed by atoms with Gasteiger partial charge in [-0.15, -0.1) is 0 Å². The summed E-state index contributed by atoms with van der Waals surface area (Å²) in [7, 11) is -2.02. The number of hydrogen-bond donors (Lipinski definition) is 0. The van der Waals surface area contributed by atoms with Crippen molar-refractivity contribution in [1.82, 2.24) is 4.90 Å². The molecule has 0 saturated carbocycles. The summed E-state index contributed by atoms with van der Waals surface area (Å²) >= 11 is 0. The number of rotatable bonds is 6. The van der Waals surface area contributed by atoms with E-state index in [1.54, 1.807) is 54.5 Å². The molecule has 3 aromatic carbocycles. The Kier molecular flexibility index (Phi) is 6.46. The third-order valence-electron chi connectivity index (χ3n) is 5.64. The Labute approximate surface area is 189 Å². The van der Waals surface area contributed by atoms with Crippen LogP contribution in [0.1, 0.15) is 15.9 Å². The molecule has 0 N–H and O–H groups in total. The van der Waals surface area contributed by atoms with Crippen LogP contribution >= 0.6 is 0 Å². The molecule has 7 heteroatoms. The van der Waals surface area contributed by atoms with Gasteiger partial charge in [-0.3, -0.25) is 4.79 Å². The lowest BCUT2D eigenvalue weighted by Gasteiger charge is -2.36. The number of carbonyl (C=O) groups is 1. The molecule has 166 valence electrons. The Morgan fingerprint density at radius 1 is 0.875 bits per heavy atom. The van der Waals surface area contributed by atoms with Crippen LogP contribution in [-0.4, -0.2) is 52.5 Å². The van der Waals surface area contributed by atoms with Gasteiger partial charge in [-0.25, -0.2) is 8.42 Å². The summed E-state index contributed by atoms with van der Waals surface area (Å²) in [6, 6.07) is 23.4. The van der Waals surface area contributed by atoms with Crippen LogP contribution in [0.4, 0.5) is 5.69 Å². The summed E-state index contributed by atoms with van der Waals surface area (Å²) in [5.41, 5.74) is 2.21. The second-order valence-corrected chi connectivity index (χ2v) is 9.74. The van der Waals surface area contributed by atoms with E-state index in [0.717, 1.165) is 18.8 Å². The van der Waals surface area contributed by atoms with Gasteiger partial charge < -0.3 is 14.5 Å². The van der Waals surface area contributed by atoms with Crippen molar-refractivity contribution in [1.29, 1.82) is 0 Å². The lowest BCUT2D eigenvalue weighted by atomic mass is 10.1. The van der Waals surface area contributed by atoms with Gasteiger partial charge in [0.15, 0.2) is 9.84 Å². The number of sulfone groups is 1. The molecular weight excluding hydrogens is 424 g/mol. The van der Waals surface area contributed by atoms with E-state index in [9.17, 15) is 13.2 Å². The zero-order valence-corrected chi connectivity index (χ0v) is 18.8. The fraction of sp³-hybridized carbons (Fsp3) is 0.240. The lowest BCUT2D eigenvalue weighted by molar-refractivity contribution is 0.0746. The third-order valence-corrected chi connectivity index (χ3v) is 7.33. The van der Waals surface area contributed by atoms with Gasteiger partial charge in [0.2, 0.25) is 0 Å². The zero-order valence-electron chi connectivity index (χ0n) is 18.0. The fourth-order valence-corrected chi connectivity index (χ4v) is 5.23. The normalized spacial score (nSPS) is 14.3. The van der Waals surface area contributed by atoms with E-state index in [1.807, 2.05) is 18.2 Å². The predicted molar refractivity (Wildman–Crippen MR) is 125 cm³/mol. The number of benzene rings is 3. The maximum atomic E-state index is 13.0. The van der Waals surface area contributed by atoms with E-state index >= 15 is 0 Å². The average molecular weight is 451 g/mol. The monoisotopic (exact) mass is 450 g/mol. The van der Waals surface area contributed by atoms with E-state index in [-0.39, 0.29) is 16.6 Å². The van der Waals surface area contributed by atoms with Crippen molar-refractivity contribution in [2.45, 2.75) is 10.6 Å². The van der Waals surface area contributed by atoms with Crippen molar-refractivity contribution in [2.24, 2.45) is 0 Å². The van der Waals surface area contributed by atoms with Crippen LogP contribution in [0.5, 0.6) is 5.75 Å². The van der Waals surface area contributed by atoms with Gasteiger partial charge in [0.1, 0.15) is 5.75 Å². The Hall–Kier alpha value is -3.32. The molecule has 0 spiro atoms. The van der Waals surface area contributed by atoms with Gasteiger partial charge in [-0.2, -0.15) is 0 Å². The number of ether oxygens (including phenoxy) is 1. The number of piperazine rings is 1. The minimum Gasteiger partial charge on any atom is -0.497 e. The van der Waals surface area contributed by atoms with Gasteiger partial charge in [-0.1, -0.05) is 36.4 Å². The molecule has 0 unspecified atom stereocenters. The number of para-hydroxylation sites is 1. The second kappa shape index (κ2) is 9.44. The second-order valence-electron chi connectivity index (χ2n) is 7.75. The minimum atomic E-state index is -3.58. The van der Waals surface area contributed by atoms with Gasteiger partial charge >= 0.3 is 0 Å². The third kappa shape index (κ3) is 4.94. The van der Waals surface area contributed by atoms with Crippen molar-refractivity contribution in [3.05, 3.63) is 90.0 Å². The first-order valence-electron chi connectivity index (χ1n) is 10.5. The molecule has 1 aliphatic heterocycles. The van der Waals surface area contributed by atoms with Crippen LogP contribution < -0.4 is 9.64 Å². The minimum absolute atomic E-state index is 0.135. The van der Waals surface area contributed by atoms with E-state index in [0.29, 0.717) is 30.0 Å². The van der Waals surface area contributed by atoms with E-state index < -0.39 is 9.84 Å². The summed E-state index contributed by atoms with van der Waals surface area (Å²) in [6.45, 7) is 2.67. The van der Waals surface area contributed by atoms with Gasteiger partial charge in [0, 0.05) is 37.4 Å². The number of carbonyl (C=O) groups excluding carboxylic acids is 1. The molecule has 4 rings (SSSR count). The van der Waals surface area contributed by atoms with Gasteiger partial charge in [0.05, 0.1) is 17.8 Å². The first kappa shape index (κ1) is 21.9. The molecule has 1 fully saturated rings. The van der Waals surface area contributed by atoms with Gasteiger partial charge in [0.25, 0.3) is 5.91 Å². The molecule has 1 heterocycles. The zero-order chi connectivity index (χ0) is 22.6. The summed E-state index contributed by atoms with van der Waals surface area (Å²) < 4.78 is 31.0. The SMILES string of the molecule is COc1ccc(CS(=O)(=O)c2cccc(C(=O)N3CCN(c4ccccc4)CC3)c2)cc1. The number of methoxy groups -OCH3 is 1. The smallest absolute Gasteiger partial charge is 0.254 e. The molecule has 3 aromatic rings. The van der Waals surface area contributed by atoms with E-state index in [2.05, 4.69) is 17.0 Å². The van der Waals surface area contributed by atoms with Crippen molar-refractivity contribution in [2.75, 3.05) is 38.2 Å². The van der Waals surface area contributed by atoms with Crippen LogP contribution in [0.25, 0.3) is 0 Å². The number of anilines is 1. The number of nitrogens with zero attached hydrogens (tertiary/aromatic N) is 2. The Bertz CT molecular complexity index is 1170. The summed E-state index contributed by atoms with van der Waals surface area (Å²) in [6.07, 6.45) is 0. The van der Waals surface area contributed by atoms with Crippen molar-refractivity contribution >= 4 is 21.4 Å². The summed E-state index contributed by atoms with van der Waals surface area (Å²) in [5, 5.41) is 0. The molecule has 1 saturated heterocycles. The molecule has 32 heavy (non-hydrogen) atoms. The highest BCUT2D eigenvalue weighted by atomic mass is 32.2. The molecular formula is C25H26N2O4S. The first-order chi connectivity index (χ1) is 15.5. The van der Waals surface area contributed by atoms with Crippen molar-refractivity contribution in [3.8, 4) is 5.75 Å². The fourth-order valence-electron chi connectivity index (χ4n) is 3.84. The average Bonchev–Trinajstić information content (AvgIpc) is 2.84. The number of hydrogen-bond acceptors (Lipinski definition) is 5. The van der Waals surface area contributed by atoms with Crippen LogP contribution in [-0.2, 0) is 15.6 Å². The van der Waals surface area contributed by atoms with Crippen LogP contribution in [0.15, 0.2) is 83.8 Å². The van der Waals surface area contributed by atoms with Crippen LogP contribution in [0, 0.1) is 0 Å². The summed E-state index contributed by atoms with van der Waals surface area (Å²) in [4.78, 5) is 17.2. The molecule has 6 nitrogen and oxygen atoms in total. The molecule has 0 atom stereocenters. The summed E-state index contributed by atoms with van der Waals surface area (Å²) in [5.74, 6) is 0.398. The maximum absolute atomic E-state index is 13.0. The Morgan fingerprint density at radius 2 is 1.56 bits per heavy atom. The Balaban J connectivity index is 1.44. The topological polar surface area (TPSA) is 66.9 Å². The van der Waals surface area contributed by atoms with Crippen molar-refractivity contribution in [3.63, 3.8) is 0 Å². The predicted octanol–water partition coefficient (Wildman–Crippen LogP) is 3.63. The van der Waals surface area contributed by atoms with Crippen LogP contribution in [0.2, 0.25) is 0 Å². The van der Waals surface area contributed by atoms with Gasteiger partial charge in [-0.05, 0) is 48.0 Å². The quantitative estimate of drug-likeness (QED) is 0.574. The largest absolute Gasteiger partial charge is 0.497 e.